The number of hydrogen-bond acceptors (Lipinski definition) is 4. The summed E-state index contributed by atoms with van der Waals surface area (Å²) in [4.78, 5) is 12.6. The van der Waals surface area contributed by atoms with E-state index in [0.29, 0.717) is 6.54 Å². The van der Waals surface area contributed by atoms with Crippen LogP contribution in [0.5, 0.6) is 5.75 Å². The first kappa shape index (κ1) is 25.6. The minimum Gasteiger partial charge on any atom is -0.482 e. The van der Waals surface area contributed by atoms with E-state index in [-0.39, 0.29) is 28.2 Å². The molecule has 2 N–H and O–H groups in total. The highest BCUT2D eigenvalue weighted by molar-refractivity contribution is 9.10. The molecule has 170 valence electrons. The fourth-order valence-corrected chi connectivity index (χ4v) is 4.95. The van der Waals surface area contributed by atoms with Crippen molar-refractivity contribution < 1.29 is 17.9 Å². The van der Waals surface area contributed by atoms with E-state index in [2.05, 4.69) is 26.0 Å². The Morgan fingerprint density at radius 1 is 1.10 bits per heavy atom. The molecule has 0 spiro atoms. The van der Waals surface area contributed by atoms with Crippen molar-refractivity contribution in [2.24, 2.45) is 0 Å². The summed E-state index contributed by atoms with van der Waals surface area (Å²) in [5.41, 5.74) is 2.86. The first-order valence-corrected chi connectivity index (χ1v) is 12.9. The molecule has 0 heterocycles. The van der Waals surface area contributed by atoms with Crippen molar-refractivity contribution in [3.05, 3.63) is 51.0 Å². The molecule has 0 bridgehead atoms. The molecule has 2 aromatic carbocycles. The Balaban J connectivity index is 2.06. The monoisotopic (exact) mass is 530 g/mol. The van der Waals surface area contributed by atoms with Gasteiger partial charge in [0.25, 0.3) is 5.91 Å². The van der Waals surface area contributed by atoms with Gasteiger partial charge in [-0.25, -0.2) is 13.1 Å². The van der Waals surface area contributed by atoms with E-state index < -0.39 is 10.0 Å². The van der Waals surface area contributed by atoms with Crippen LogP contribution in [-0.2, 0) is 27.7 Å². The molecule has 1 amide bonds. The van der Waals surface area contributed by atoms with E-state index in [4.69, 9.17) is 16.3 Å². The van der Waals surface area contributed by atoms with Crippen molar-refractivity contribution in [3.63, 3.8) is 0 Å². The Hall–Kier alpha value is -1.61. The van der Waals surface area contributed by atoms with Crippen molar-refractivity contribution in [3.8, 4) is 5.75 Å². The molecule has 2 aromatic rings. The summed E-state index contributed by atoms with van der Waals surface area (Å²) < 4.78 is 33.7. The van der Waals surface area contributed by atoms with Gasteiger partial charge < -0.3 is 10.1 Å². The topological polar surface area (TPSA) is 84.5 Å². The minimum absolute atomic E-state index is 0.0560. The van der Waals surface area contributed by atoms with Gasteiger partial charge >= 0.3 is 0 Å². The number of sulfonamides is 1. The summed E-state index contributed by atoms with van der Waals surface area (Å²) in [6.45, 7) is 6.16. The SMILES string of the molecule is CCCCNS(=O)(=O)c1ccc(OCC(=O)Nc2c(CC)cc(Br)cc2CC)c(Cl)c1. The average Bonchev–Trinajstić information content (AvgIpc) is 2.73. The first-order chi connectivity index (χ1) is 14.7. The lowest BCUT2D eigenvalue weighted by atomic mass is 10.0. The van der Waals surface area contributed by atoms with Gasteiger partial charge in [0.2, 0.25) is 10.0 Å². The normalized spacial score (nSPS) is 11.4. The van der Waals surface area contributed by atoms with Crippen molar-refractivity contribution >= 4 is 49.1 Å². The molecule has 0 saturated carbocycles. The molecule has 0 radical (unpaired) electrons. The second kappa shape index (κ2) is 11.9. The van der Waals surface area contributed by atoms with Crippen molar-refractivity contribution in [2.75, 3.05) is 18.5 Å². The molecule has 0 fully saturated rings. The molecule has 0 unspecified atom stereocenters. The lowest BCUT2D eigenvalue weighted by molar-refractivity contribution is -0.118. The third-order valence-electron chi connectivity index (χ3n) is 4.69. The van der Waals surface area contributed by atoms with Gasteiger partial charge in [0, 0.05) is 16.7 Å². The fourth-order valence-electron chi connectivity index (χ4n) is 2.99. The minimum atomic E-state index is -3.64. The van der Waals surface area contributed by atoms with E-state index in [9.17, 15) is 13.2 Å². The molecule has 0 atom stereocenters. The van der Waals surface area contributed by atoms with Crippen LogP contribution in [0.1, 0.15) is 44.7 Å². The number of halogens is 2. The second-order valence-corrected chi connectivity index (χ2v) is 10.1. The van der Waals surface area contributed by atoms with E-state index >= 15 is 0 Å². The smallest absolute Gasteiger partial charge is 0.262 e. The zero-order chi connectivity index (χ0) is 23.0. The number of amides is 1. The van der Waals surface area contributed by atoms with Crippen LogP contribution >= 0.6 is 27.5 Å². The van der Waals surface area contributed by atoms with Gasteiger partial charge in [0.1, 0.15) is 5.75 Å². The Morgan fingerprint density at radius 3 is 2.29 bits per heavy atom. The Kier molecular flexibility index (Phi) is 9.81. The number of ether oxygens (including phenoxy) is 1. The molecule has 2 rings (SSSR count). The van der Waals surface area contributed by atoms with Gasteiger partial charge in [-0.3, -0.25) is 4.79 Å². The molecule has 0 aromatic heterocycles. The standard InChI is InChI=1S/C22H28BrClN2O4S/c1-4-7-10-25-31(28,29)18-8-9-20(19(24)13-18)30-14-21(27)26-22-15(5-2)11-17(23)12-16(22)6-3/h8-9,11-13,25H,4-7,10,14H2,1-3H3,(H,26,27). The first-order valence-electron chi connectivity index (χ1n) is 10.2. The molecular formula is C22H28BrClN2O4S. The van der Waals surface area contributed by atoms with Crippen LogP contribution in [0.4, 0.5) is 5.69 Å². The van der Waals surface area contributed by atoms with Crippen LogP contribution in [0.2, 0.25) is 5.02 Å². The molecule has 0 aliphatic rings. The van der Waals surface area contributed by atoms with Gasteiger partial charge in [-0.05, 0) is 60.7 Å². The molecule has 0 aliphatic carbocycles. The van der Waals surface area contributed by atoms with Gasteiger partial charge in [-0.2, -0.15) is 0 Å². The number of nitrogens with one attached hydrogen (secondary N) is 2. The number of aryl methyl sites for hydroxylation is 2. The third kappa shape index (κ3) is 7.20. The third-order valence-corrected chi connectivity index (χ3v) is 6.90. The number of carbonyl (C=O) groups excluding carboxylic acids is 1. The highest BCUT2D eigenvalue weighted by Gasteiger charge is 2.17. The predicted molar refractivity (Wildman–Crippen MR) is 129 cm³/mol. The summed E-state index contributed by atoms with van der Waals surface area (Å²) in [7, 11) is -3.64. The van der Waals surface area contributed by atoms with E-state index in [1.807, 2.05) is 32.9 Å². The fraction of sp³-hybridized carbons (Fsp3) is 0.409. The number of benzene rings is 2. The Bertz CT molecular complexity index is 1000. The van der Waals surface area contributed by atoms with Crippen LogP contribution in [0, 0.1) is 0 Å². The second-order valence-electron chi connectivity index (χ2n) is 6.99. The van der Waals surface area contributed by atoms with Crippen molar-refractivity contribution in [1.29, 1.82) is 0 Å². The summed E-state index contributed by atoms with van der Waals surface area (Å²) in [6.07, 6.45) is 3.19. The lowest BCUT2D eigenvalue weighted by Gasteiger charge is -2.16. The largest absolute Gasteiger partial charge is 0.482 e. The van der Waals surface area contributed by atoms with Crippen LogP contribution in [0.15, 0.2) is 39.7 Å². The number of carbonyl (C=O) groups is 1. The maximum atomic E-state index is 12.5. The number of hydrogen-bond donors (Lipinski definition) is 2. The number of unbranched alkanes of at least 4 members (excludes halogenated alkanes) is 1. The zero-order valence-corrected chi connectivity index (χ0v) is 21.1. The van der Waals surface area contributed by atoms with E-state index in [1.54, 1.807) is 0 Å². The molecular weight excluding hydrogens is 504 g/mol. The van der Waals surface area contributed by atoms with Gasteiger partial charge in [-0.1, -0.05) is 54.7 Å². The van der Waals surface area contributed by atoms with Crippen molar-refractivity contribution in [2.45, 2.75) is 51.3 Å². The van der Waals surface area contributed by atoms with Crippen LogP contribution in [-0.4, -0.2) is 27.5 Å². The molecule has 31 heavy (non-hydrogen) atoms. The van der Waals surface area contributed by atoms with E-state index in [0.717, 1.165) is 47.0 Å². The maximum absolute atomic E-state index is 12.5. The average molecular weight is 532 g/mol. The summed E-state index contributed by atoms with van der Waals surface area (Å²) in [5.74, 6) is -0.0766. The van der Waals surface area contributed by atoms with Crippen LogP contribution in [0.3, 0.4) is 0 Å². The number of rotatable bonds is 11. The van der Waals surface area contributed by atoms with Crippen LogP contribution in [0.25, 0.3) is 0 Å². The lowest BCUT2D eigenvalue weighted by Crippen LogP contribution is -2.24. The summed E-state index contributed by atoms with van der Waals surface area (Å²) in [6, 6.07) is 8.16. The summed E-state index contributed by atoms with van der Waals surface area (Å²) >= 11 is 9.70. The molecule has 6 nitrogen and oxygen atoms in total. The van der Waals surface area contributed by atoms with E-state index in [1.165, 1.54) is 18.2 Å². The van der Waals surface area contributed by atoms with Gasteiger partial charge in [-0.15, -0.1) is 0 Å². The van der Waals surface area contributed by atoms with Crippen LogP contribution < -0.4 is 14.8 Å². The molecule has 0 saturated heterocycles. The molecule has 0 aliphatic heterocycles. The highest BCUT2D eigenvalue weighted by atomic mass is 79.9. The number of anilines is 1. The highest BCUT2D eigenvalue weighted by Crippen LogP contribution is 2.29. The van der Waals surface area contributed by atoms with Gasteiger partial charge in [0.15, 0.2) is 6.61 Å². The maximum Gasteiger partial charge on any atom is 0.262 e. The summed E-state index contributed by atoms with van der Waals surface area (Å²) in [5, 5.41) is 3.05. The zero-order valence-electron chi connectivity index (χ0n) is 17.9. The van der Waals surface area contributed by atoms with Crippen molar-refractivity contribution in [1.82, 2.24) is 4.72 Å². The quantitative estimate of drug-likeness (QED) is 0.384. The molecule has 9 heteroatoms. The Morgan fingerprint density at radius 2 is 1.74 bits per heavy atom. The Labute approximate surface area is 197 Å². The predicted octanol–water partition coefficient (Wildman–Crippen LogP) is 5.32. The van der Waals surface area contributed by atoms with Gasteiger partial charge in [0.05, 0.1) is 9.92 Å².